The number of benzene rings is 1. The number of nitrogens with one attached hydrogen (secondary N) is 1. The van der Waals surface area contributed by atoms with Crippen LogP contribution in [0.4, 0.5) is 0 Å². The van der Waals surface area contributed by atoms with Crippen molar-refractivity contribution in [2.24, 2.45) is 0 Å². The zero-order valence-corrected chi connectivity index (χ0v) is 15.3. The number of amides is 1. The normalized spacial score (nSPS) is 22.5. The van der Waals surface area contributed by atoms with E-state index in [2.05, 4.69) is 5.43 Å². The molecule has 3 aliphatic rings. The third-order valence-corrected chi connectivity index (χ3v) is 5.46. The molecule has 1 amide bonds. The van der Waals surface area contributed by atoms with Crippen LogP contribution < -0.4 is 15.6 Å². The molecule has 0 radical (unpaired) electrons. The molecule has 0 aliphatic carbocycles. The van der Waals surface area contributed by atoms with Crippen molar-refractivity contribution in [3.8, 4) is 5.75 Å². The van der Waals surface area contributed by atoms with Crippen LogP contribution in [-0.4, -0.2) is 47.2 Å². The van der Waals surface area contributed by atoms with Crippen molar-refractivity contribution in [3.05, 3.63) is 64.1 Å². The third-order valence-electron chi connectivity index (χ3n) is 5.46. The molecule has 146 valence electrons. The van der Waals surface area contributed by atoms with Crippen LogP contribution >= 0.6 is 0 Å². The molecule has 1 atom stereocenters. The Morgan fingerprint density at radius 1 is 1.14 bits per heavy atom. The maximum absolute atomic E-state index is 13.2. The first-order valence-corrected chi connectivity index (χ1v) is 9.43. The molecule has 5 rings (SSSR count). The standard InChI is InChI=1S/C20H21N3O5/c24-15-6-8-23-17(18(15)26-13-14-4-2-1-3-5-14)19(25)22-9-7-20(12-16(22)21-23)27-10-11-28-20/h1-6,8,16,21H,7,9-13H2/t16-/m0/s1. The van der Waals surface area contributed by atoms with Gasteiger partial charge in [-0.3, -0.25) is 14.3 Å². The zero-order chi connectivity index (χ0) is 19.1. The average Bonchev–Trinajstić information content (AvgIpc) is 3.16. The number of aromatic nitrogens is 1. The van der Waals surface area contributed by atoms with Gasteiger partial charge in [-0.05, 0) is 5.56 Å². The summed E-state index contributed by atoms with van der Waals surface area (Å²) in [6.07, 6.45) is 2.44. The Morgan fingerprint density at radius 2 is 1.93 bits per heavy atom. The number of nitrogens with zero attached hydrogens (tertiary/aromatic N) is 2. The van der Waals surface area contributed by atoms with Crippen molar-refractivity contribution in [1.29, 1.82) is 0 Å². The first kappa shape index (κ1) is 17.3. The summed E-state index contributed by atoms with van der Waals surface area (Å²) in [5, 5.41) is 0. The van der Waals surface area contributed by atoms with E-state index in [1.807, 2.05) is 30.3 Å². The molecule has 28 heavy (non-hydrogen) atoms. The van der Waals surface area contributed by atoms with E-state index < -0.39 is 5.79 Å². The molecule has 0 saturated carbocycles. The van der Waals surface area contributed by atoms with Gasteiger partial charge in [-0.15, -0.1) is 0 Å². The minimum atomic E-state index is -0.627. The fourth-order valence-corrected chi connectivity index (χ4v) is 4.06. The van der Waals surface area contributed by atoms with Gasteiger partial charge in [0, 0.05) is 31.6 Å². The lowest BCUT2D eigenvalue weighted by Gasteiger charge is -2.46. The van der Waals surface area contributed by atoms with Crippen molar-refractivity contribution in [2.45, 2.75) is 31.4 Å². The van der Waals surface area contributed by atoms with Crippen LogP contribution in [0.1, 0.15) is 28.9 Å². The monoisotopic (exact) mass is 383 g/mol. The summed E-state index contributed by atoms with van der Waals surface area (Å²) in [5.74, 6) is -0.786. The molecule has 1 aromatic heterocycles. The molecular formula is C20H21N3O5. The molecule has 2 fully saturated rings. The minimum absolute atomic E-state index is 0.0657. The van der Waals surface area contributed by atoms with Crippen molar-refractivity contribution in [2.75, 3.05) is 25.2 Å². The molecule has 1 N–H and O–H groups in total. The number of piperidine rings is 1. The second-order valence-corrected chi connectivity index (χ2v) is 7.21. The summed E-state index contributed by atoms with van der Waals surface area (Å²) in [4.78, 5) is 27.4. The maximum atomic E-state index is 13.2. The van der Waals surface area contributed by atoms with Crippen LogP contribution in [0.2, 0.25) is 0 Å². The second kappa shape index (κ2) is 6.65. The van der Waals surface area contributed by atoms with E-state index in [4.69, 9.17) is 14.2 Å². The van der Waals surface area contributed by atoms with Gasteiger partial charge in [0.1, 0.15) is 12.8 Å². The Hall–Kier alpha value is -2.84. The van der Waals surface area contributed by atoms with E-state index in [9.17, 15) is 9.59 Å². The van der Waals surface area contributed by atoms with Gasteiger partial charge in [0.2, 0.25) is 5.43 Å². The van der Waals surface area contributed by atoms with E-state index >= 15 is 0 Å². The van der Waals surface area contributed by atoms with Gasteiger partial charge >= 0.3 is 0 Å². The van der Waals surface area contributed by atoms with Crippen LogP contribution in [0.15, 0.2) is 47.4 Å². The fourth-order valence-electron chi connectivity index (χ4n) is 4.06. The maximum Gasteiger partial charge on any atom is 0.278 e. The van der Waals surface area contributed by atoms with Crippen LogP contribution in [0.25, 0.3) is 0 Å². The largest absolute Gasteiger partial charge is 0.482 e. The van der Waals surface area contributed by atoms with Gasteiger partial charge in [0.15, 0.2) is 17.2 Å². The third kappa shape index (κ3) is 2.85. The number of hydrogen-bond donors (Lipinski definition) is 1. The van der Waals surface area contributed by atoms with Crippen LogP contribution in [0.3, 0.4) is 0 Å². The van der Waals surface area contributed by atoms with Gasteiger partial charge in [0.05, 0.1) is 13.2 Å². The van der Waals surface area contributed by atoms with Crippen molar-refractivity contribution in [1.82, 2.24) is 9.58 Å². The number of ether oxygens (including phenoxy) is 3. The van der Waals surface area contributed by atoms with E-state index in [-0.39, 0.29) is 35.6 Å². The van der Waals surface area contributed by atoms with Crippen molar-refractivity contribution in [3.63, 3.8) is 0 Å². The Kier molecular flexibility index (Phi) is 4.10. The highest BCUT2D eigenvalue weighted by Gasteiger charge is 2.48. The molecule has 1 spiro atoms. The average molecular weight is 383 g/mol. The summed E-state index contributed by atoms with van der Waals surface area (Å²) in [6.45, 7) is 1.84. The number of rotatable bonds is 3. The lowest BCUT2D eigenvalue weighted by atomic mass is 9.99. The van der Waals surface area contributed by atoms with Gasteiger partial charge in [-0.2, -0.15) is 0 Å². The highest BCUT2D eigenvalue weighted by molar-refractivity contribution is 5.96. The molecule has 8 heteroatoms. The lowest BCUT2D eigenvalue weighted by Crippen LogP contribution is -2.61. The minimum Gasteiger partial charge on any atom is -0.482 e. The van der Waals surface area contributed by atoms with E-state index in [1.54, 1.807) is 15.8 Å². The predicted molar refractivity (Wildman–Crippen MR) is 99.5 cm³/mol. The van der Waals surface area contributed by atoms with Gasteiger partial charge < -0.3 is 24.5 Å². The number of pyridine rings is 1. The van der Waals surface area contributed by atoms with Crippen LogP contribution in [0, 0.1) is 0 Å². The molecule has 0 unspecified atom stereocenters. The number of carbonyl (C=O) groups excluding carboxylic acids is 1. The molecule has 1 aromatic carbocycles. The van der Waals surface area contributed by atoms with E-state index in [0.29, 0.717) is 32.6 Å². The van der Waals surface area contributed by atoms with E-state index in [1.165, 1.54) is 6.07 Å². The molecule has 2 saturated heterocycles. The number of carbonyl (C=O) groups is 1. The Bertz CT molecular complexity index is 952. The Labute approximate surface area is 161 Å². The predicted octanol–water partition coefficient (Wildman–Crippen LogP) is 1.29. The molecule has 3 aliphatic heterocycles. The first-order chi connectivity index (χ1) is 13.7. The highest BCUT2D eigenvalue weighted by atomic mass is 16.7. The molecular weight excluding hydrogens is 362 g/mol. The zero-order valence-electron chi connectivity index (χ0n) is 15.3. The SMILES string of the molecule is O=C1c2c(OCc3ccccc3)c(=O)ccn2N[C@@H]2CC3(CCN12)OCCO3. The molecule has 4 heterocycles. The van der Waals surface area contributed by atoms with Crippen LogP contribution in [0.5, 0.6) is 5.75 Å². The van der Waals surface area contributed by atoms with Crippen molar-refractivity contribution < 1.29 is 19.0 Å². The second-order valence-electron chi connectivity index (χ2n) is 7.21. The fraction of sp³-hybridized carbons (Fsp3) is 0.400. The Morgan fingerprint density at radius 3 is 2.71 bits per heavy atom. The van der Waals surface area contributed by atoms with Gasteiger partial charge in [0.25, 0.3) is 5.91 Å². The van der Waals surface area contributed by atoms with E-state index in [0.717, 1.165) is 5.56 Å². The number of fused-ring (bicyclic) bond motifs is 2. The van der Waals surface area contributed by atoms with Gasteiger partial charge in [-0.1, -0.05) is 30.3 Å². The summed E-state index contributed by atoms with van der Waals surface area (Å²) in [5.41, 5.74) is 4.13. The lowest BCUT2D eigenvalue weighted by molar-refractivity contribution is -0.191. The Balaban J connectivity index is 1.44. The van der Waals surface area contributed by atoms with Crippen molar-refractivity contribution >= 4 is 5.91 Å². The summed E-state index contributed by atoms with van der Waals surface area (Å²) < 4.78 is 19.0. The highest BCUT2D eigenvalue weighted by Crippen LogP contribution is 2.36. The number of hydrogen-bond acceptors (Lipinski definition) is 6. The summed E-state index contributed by atoms with van der Waals surface area (Å²) >= 11 is 0. The van der Waals surface area contributed by atoms with Crippen LogP contribution in [-0.2, 0) is 16.1 Å². The molecule has 2 aromatic rings. The quantitative estimate of drug-likeness (QED) is 0.860. The van der Waals surface area contributed by atoms with Gasteiger partial charge in [-0.25, -0.2) is 0 Å². The smallest absolute Gasteiger partial charge is 0.278 e. The topological polar surface area (TPSA) is 82.0 Å². The summed E-state index contributed by atoms with van der Waals surface area (Å²) in [6, 6.07) is 10.9. The first-order valence-electron chi connectivity index (χ1n) is 9.43. The molecule has 0 bridgehead atoms. The summed E-state index contributed by atoms with van der Waals surface area (Å²) in [7, 11) is 0. The molecule has 8 nitrogen and oxygen atoms in total.